The van der Waals surface area contributed by atoms with Crippen LogP contribution in [0, 0.1) is 0 Å². The van der Waals surface area contributed by atoms with Crippen LogP contribution in [0.4, 0.5) is 0 Å². The lowest BCUT2D eigenvalue weighted by atomic mass is 10.3. The number of rotatable bonds is 8. The van der Waals surface area contributed by atoms with E-state index in [0.717, 1.165) is 0 Å². The number of nitrogens with one attached hydrogen (secondary N) is 1. The SMILES string of the molecule is COc1cc(OC)cc(OCCCNC(=O)CN)c1. The third-order valence-corrected chi connectivity index (χ3v) is 2.42. The molecule has 0 aliphatic carbocycles. The maximum absolute atomic E-state index is 10.9. The molecule has 6 nitrogen and oxygen atoms in total. The summed E-state index contributed by atoms with van der Waals surface area (Å²) in [6.07, 6.45) is 0.700. The highest BCUT2D eigenvalue weighted by Gasteiger charge is 2.03. The Morgan fingerprint density at radius 1 is 1.16 bits per heavy atom. The topological polar surface area (TPSA) is 82.8 Å². The van der Waals surface area contributed by atoms with Gasteiger partial charge >= 0.3 is 0 Å². The van der Waals surface area contributed by atoms with Crippen LogP contribution in [0.2, 0.25) is 0 Å². The Morgan fingerprint density at radius 2 is 1.74 bits per heavy atom. The highest BCUT2D eigenvalue weighted by molar-refractivity contribution is 5.77. The van der Waals surface area contributed by atoms with Crippen molar-refractivity contribution >= 4 is 5.91 Å². The van der Waals surface area contributed by atoms with Crippen molar-refractivity contribution in [2.45, 2.75) is 6.42 Å². The van der Waals surface area contributed by atoms with Gasteiger partial charge in [0.05, 0.1) is 27.4 Å². The fourth-order valence-electron chi connectivity index (χ4n) is 1.43. The van der Waals surface area contributed by atoms with Crippen LogP contribution in [-0.4, -0.2) is 39.8 Å². The quantitative estimate of drug-likeness (QED) is 0.673. The van der Waals surface area contributed by atoms with Crippen LogP contribution in [0.15, 0.2) is 18.2 Å². The van der Waals surface area contributed by atoms with Gasteiger partial charge in [-0.3, -0.25) is 4.79 Å². The van der Waals surface area contributed by atoms with Crippen molar-refractivity contribution in [3.05, 3.63) is 18.2 Å². The highest BCUT2D eigenvalue weighted by Crippen LogP contribution is 2.27. The summed E-state index contributed by atoms with van der Waals surface area (Å²) in [4.78, 5) is 10.9. The zero-order valence-corrected chi connectivity index (χ0v) is 11.3. The number of carbonyl (C=O) groups is 1. The molecule has 0 unspecified atom stereocenters. The van der Waals surface area contributed by atoms with Gasteiger partial charge in [0.1, 0.15) is 17.2 Å². The van der Waals surface area contributed by atoms with E-state index in [1.165, 1.54) is 0 Å². The van der Waals surface area contributed by atoms with E-state index in [9.17, 15) is 4.79 Å². The standard InChI is InChI=1S/C13H20N2O4/c1-17-10-6-11(18-2)8-12(7-10)19-5-3-4-15-13(16)9-14/h6-8H,3-5,9,14H2,1-2H3,(H,15,16). The predicted molar refractivity (Wildman–Crippen MR) is 71.7 cm³/mol. The third kappa shape index (κ3) is 5.48. The summed E-state index contributed by atoms with van der Waals surface area (Å²) in [5.41, 5.74) is 5.17. The number of methoxy groups -OCH3 is 2. The predicted octanol–water partition coefficient (Wildman–Crippen LogP) is 0.548. The molecule has 106 valence electrons. The first-order chi connectivity index (χ1) is 9.19. The number of benzene rings is 1. The molecule has 0 saturated carbocycles. The van der Waals surface area contributed by atoms with E-state index >= 15 is 0 Å². The summed E-state index contributed by atoms with van der Waals surface area (Å²) in [5, 5.41) is 2.67. The fourth-order valence-corrected chi connectivity index (χ4v) is 1.43. The molecule has 19 heavy (non-hydrogen) atoms. The third-order valence-electron chi connectivity index (χ3n) is 2.42. The van der Waals surface area contributed by atoms with Crippen molar-refractivity contribution in [3.63, 3.8) is 0 Å². The molecule has 0 spiro atoms. The molecule has 0 aromatic heterocycles. The molecule has 0 atom stereocenters. The van der Waals surface area contributed by atoms with Crippen molar-refractivity contribution in [1.29, 1.82) is 0 Å². The van der Waals surface area contributed by atoms with Gasteiger partial charge in [-0.05, 0) is 6.42 Å². The maximum atomic E-state index is 10.9. The molecule has 3 N–H and O–H groups in total. The molecule has 0 aliphatic heterocycles. The first-order valence-corrected chi connectivity index (χ1v) is 6.02. The van der Waals surface area contributed by atoms with Crippen LogP contribution in [0.3, 0.4) is 0 Å². The summed E-state index contributed by atoms with van der Waals surface area (Å²) in [7, 11) is 3.17. The number of hydrogen-bond acceptors (Lipinski definition) is 5. The summed E-state index contributed by atoms with van der Waals surface area (Å²) in [6.45, 7) is 1.03. The van der Waals surface area contributed by atoms with Crippen molar-refractivity contribution in [1.82, 2.24) is 5.32 Å². The smallest absolute Gasteiger partial charge is 0.233 e. The number of amides is 1. The van der Waals surface area contributed by atoms with Crippen molar-refractivity contribution in [2.75, 3.05) is 33.9 Å². The maximum Gasteiger partial charge on any atom is 0.233 e. The molecule has 1 amide bonds. The summed E-state index contributed by atoms with van der Waals surface area (Å²) in [6, 6.07) is 5.33. The van der Waals surface area contributed by atoms with Gasteiger partial charge in [-0.25, -0.2) is 0 Å². The second-order valence-electron chi connectivity index (χ2n) is 3.80. The van der Waals surface area contributed by atoms with E-state index in [1.54, 1.807) is 32.4 Å². The van der Waals surface area contributed by atoms with E-state index in [1.807, 2.05) is 0 Å². The summed E-state index contributed by atoms with van der Waals surface area (Å²) >= 11 is 0. The van der Waals surface area contributed by atoms with Gasteiger partial charge in [-0.2, -0.15) is 0 Å². The first-order valence-electron chi connectivity index (χ1n) is 6.02. The molecule has 0 fully saturated rings. The van der Waals surface area contributed by atoms with Crippen LogP contribution >= 0.6 is 0 Å². The Labute approximate surface area is 112 Å². The average molecular weight is 268 g/mol. The number of carbonyl (C=O) groups excluding carboxylic acids is 1. The van der Waals surface area contributed by atoms with Crippen molar-refractivity contribution in [3.8, 4) is 17.2 Å². The largest absolute Gasteiger partial charge is 0.496 e. The number of hydrogen-bond donors (Lipinski definition) is 2. The Hall–Kier alpha value is -1.95. The lowest BCUT2D eigenvalue weighted by Crippen LogP contribution is -2.31. The molecule has 0 bridgehead atoms. The normalized spacial score (nSPS) is 9.84. The fraction of sp³-hybridized carbons (Fsp3) is 0.462. The van der Waals surface area contributed by atoms with E-state index in [-0.39, 0.29) is 12.5 Å². The number of nitrogens with two attached hydrogens (primary N) is 1. The van der Waals surface area contributed by atoms with Gasteiger partial charge in [0.2, 0.25) is 5.91 Å². The lowest BCUT2D eigenvalue weighted by molar-refractivity contribution is -0.119. The minimum atomic E-state index is -0.164. The molecule has 1 aromatic rings. The van der Waals surface area contributed by atoms with E-state index in [4.69, 9.17) is 19.9 Å². The van der Waals surface area contributed by atoms with Gasteiger partial charge in [-0.15, -0.1) is 0 Å². The molecule has 6 heteroatoms. The zero-order valence-electron chi connectivity index (χ0n) is 11.3. The Bertz CT molecular complexity index is 387. The van der Waals surface area contributed by atoms with E-state index in [0.29, 0.717) is 36.8 Å². The van der Waals surface area contributed by atoms with Gasteiger partial charge in [0, 0.05) is 24.7 Å². The Kier molecular flexibility index (Phi) is 6.52. The van der Waals surface area contributed by atoms with Gasteiger partial charge in [-0.1, -0.05) is 0 Å². The van der Waals surface area contributed by atoms with E-state index in [2.05, 4.69) is 5.32 Å². The summed E-state index contributed by atoms with van der Waals surface area (Å²) in [5.74, 6) is 1.85. The molecular weight excluding hydrogens is 248 g/mol. The Balaban J connectivity index is 2.38. The number of ether oxygens (including phenoxy) is 3. The Morgan fingerprint density at radius 3 is 2.26 bits per heavy atom. The minimum Gasteiger partial charge on any atom is -0.496 e. The minimum absolute atomic E-state index is 0.00788. The van der Waals surface area contributed by atoms with Crippen LogP contribution in [-0.2, 0) is 4.79 Å². The highest BCUT2D eigenvalue weighted by atomic mass is 16.5. The average Bonchev–Trinajstić information content (AvgIpc) is 2.46. The van der Waals surface area contributed by atoms with Gasteiger partial charge in [0.25, 0.3) is 0 Å². The molecule has 1 rings (SSSR count). The molecule has 1 aromatic carbocycles. The van der Waals surface area contributed by atoms with Gasteiger partial charge < -0.3 is 25.3 Å². The summed E-state index contributed by atoms with van der Waals surface area (Å²) < 4.78 is 15.8. The second-order valence-corrected chi connectivity index (χ2v) is 3.80. The molecule has 0 saturated heterocycles. The molecule has 0 aliphatic rings. The van der Waals surface area contributed by atoms with Crippen LogP contribution in [0.5, 0.6) is 17.2 Å². The van der Waals surface area contributed by atoms with Crippen LogP contribution < -0.4 is 25.3 Å². The van der Waals surface area contributed by atoms with Crippen molar-refractivity contribution in [2.24, 2.45) is 5.73 Å². The zero-order chi connectivity index (χ0) is 14.1. The molecule has 0 radical (unpaired) electrons. The lowest BCUT2D eigenvalue weighted by Gasteiger charge is -2.10. The van der Waals surface area contributed by atoms with Gasteiger partial charge in [0.15, 0.2) is 0 Å². The van der Waals surface area contributed by atoms with Crippen molar-refractivity contribution < 1.29 is 19.0 Å². The monoisotopic (exact) mass is 268 g/mol. The first kappa shape index (κ1) is 15.1. The van der Waals surface area contributed by atoms with E-state index < -0.39 is 0 Å². The van der Waals surface area contributed by atoms with Crippen LogP contribution in [0.1, 0.15) is 6.42 Å². The second kappa shape index (κ2) is 8.20. The molecule has 0 heterocycles. The van der Waals surface area contributed by atoms with Crippen LogP contribution in [0.25, 0.3) is 0 Å². The molecular formula is C13H20N2O4.